The van der Waals surface area contributed by atoms with Gasteiger partial charge in [0.05, 0.1) is 31.2 Å². The van der Waals surface area contributed by atoms with Gasteiger partial charge in [0.25, 0.3) is 0 Å². The van der Waals surface area contributed by atoms with E-state index in [0.717, 1.165) is 28.3 Å². The number of amides is 1. The fourth-order valence-electron chi connectivity index (χ4n) is 2.18. The zero-order valence-electron chi connectivity index (χ0n) is 14.1. The summed E-state index contributed by atoms with van der Waals surface area (Å²) in [6, 6.07) is 10.5. The molecule has 2 rings (SSSR count). The molecule has 0 spiro atoms. The minimum Gasteiger partial charge on any atom is -0.497 e. The lowest BCUT2D eigenvalue weighted by atomic mass is 10.1. The molecule has 0 aromatic heterocycles. The van der Waals surface area contributed by atoms with Crippen LogP contribution < -0.4 is 14.4 Å². The zero-order chi connectivity index (χ0) is 18.6. The van der Waals surface area contributed by atoms with Gasteiger partial charge in [-0.15, -0.1) is 0 Å². The molecule has 0 saturated heterocycles. The van der Waals surface area contributed by atoms with Crippen molar-refractivity contribution in [3.05, 3.63) is 53.8 Å². The van der Waals surface area contributed by atoms with Crippen LogP contribution in [0.25, 0.3) is 0 Å². The number of benzene rings is 2. The van der Waals surface area contributed by atoms with Gasteiger partial charge in [-0.2, -0.15) is 0 Å². The molecule has 0 fully saturated rings. The van der Waals surface area contributed by atoms with Crippen LogP contribution in [0.1, 0.15) is 5.56 Å². The summed E-state index contributed by atoms with van der Waals surface area (Å²) in [5, 5.41) is 2.57. The van der Waals surface area contributed by atoms with Gasteiger partial charge in [0, 0.05) is 7.05 Å². The van der Waals surface area contributed by atoms with Crippen molar-refractivity contribution < 1.29 is 22.3 Å². The Morgan fingerprint density at radius 3 is 2.40 bits per heavy atom. The van der Waals surface area contributed by atoms with E-state index in [2.05, 4.69) is 5.32 Å². The van der Waals surface area contributed by atoms with E-state index in [4.69, 9.17) is 4.74 Å². The molecule has 0 heterocycles. The molecule has 0 aliphatic carbocycles. The molecule has 0 atom stereocenters. The average molecular weight is 366 g/mol. The van der Waals surface area contributed by atoms with E-state index >= 15 is 0 Å². The molecule has 1 N–H and O–H groups in total. The Bertz CT molecular complexity index is 867. The number of nitrogens with zero attached hydrogens (tertiary/aromatic N) is 1. The van der Waals surface area contributed by atoms with E-state index in [1.165, 1.54) is 13.1 Å². The van der Waals surface area contributed by atoms with Crippen LogP contribution in [0.5, 0.6) is 5.75 Å². The Morgan fingerprint density at radius 2 is 1.84 bits per heavy atom. The molecule has 0 radical (unpaired) electrons. The van der Waals surface area contributed by atoms with Crippen molar-refractivity contribution >= 4 is 27.3 Å². The van der Waals surface area contributed by atoms with E-state index in [0.29, 0.717) is 5.75 Å². The maximum absolute atomic E-state index is 13.5. The molecule has 0 saturated carbocycles. The predicted octanol–water partition coefficient (Wildman–Crippen LogP) is 2.41. The molecule has 0 aliphatic rings. The minimum atomic E-state index is -3.55. The van der Waals surface area contributed by atoms with E-state index in [1.54, 1.807) is 31.4 Å². The summed E-state index contributed by atoms with van der Waals surface area (Å²) in [5.74, 6) is -0.296. The van der Waals surface area contributed by atoms with Crippen LogP contribution in [0.3, 0.4) is 0 Å². The number of nitrogens with one attached hydrogen (secondary N) is 1. The Labute approximate surface area is 146 Å². The van der Waals surface area contributed by atoms with Gasteiger partial charge in [-0.05, 0) is 35.9 Å². The molecule has 0 bridgehead atoms. The fourth-order valence-corrected chi connectivity index (χ4v) is 2.70. The highest BCUT2D eigenvalue weighted by atomic mass is 32.2. The highest BCUT2D eigenvalue weighted by molar-refractivity contribution is 7.92. The number of ether oxygens (including phenoxy) is 1. The number of sulfonamides is 1. The van der Waals surface area contributed by atoms with E-state index in [9.17, 15) is 17.6 Å². The number of rotatable bonds is 6. The number of carbonyl (C=O) groups is 1. The van der Waals surface area contributed by atoms with Crippen LogP contribution in [0.15, 0.2) is 42.5 Å². The highest BCUT2D eigenvalue weighted by Gasteiger charge is 2.18. The number of carbonyl (C=O) groups excluding carboxylic acids is 1. The summed E-state index contributed by atoms with van der Waals surface area (Å²) < 4.78 is 43.0. The third kappa shape index (κ3) is 4.93. The van der Waals surface area contributed by atoms with Gasteiger partial charge in [0.15, 0.2) is 0 Å². The molecule has 6 nitrogen and oxygen atoms in total. The van der Waals surface area contributed by atoms with Crippen LogP contribution in [0.4, 0.5) is 15.8 Å². The Morgan fingerprint density at radius 1 is 1.20 bits per heavy atom. The van der Waals surface area contributed by atoms with Crippen LogP contribution in [-0.4, -0.2) is 34.7 Å². The second kappa shape index (κ2) is 7.52. The number of hydrogen-bond acceptors (Lipinski definition) is 4. The first-order chi connectivity index (χ1) is 11.7. The van der Waals surface area contributed by atoms with Gasteiger partial charge >= 0.3 is 0 Å². The fraction of sp³-hybridized carbons (Fsp3) is 0.235. The van der Waals surface area contributed by atoms with Crippen LogP contribution in [0, 0.1) is 5.82 Å². The topological polar surface area (TPSA) is 75.7 Å². The Balaban J connectivity index is 2.20. The van der Waals surface area contributed by atoms with Crippen molar-refractivity contribution in [1.29, 1.82) is 0 Å². The third-order valence-electron chi connectivity index (χ3n) is 3.59. The number of halogens is 1. The normalized spacial score (nSPS) is 11.0. The number of methoxy groups -OCH3 is 1. The molecule has 1 amide bonds. The molecular formula is C17H19FN2O4S. The molecule has 2 aromatic rings. The summed E-state index contributed by atoms with van der Waals surface area (Å²) >= 11 is 0. The molecule has 2 aromatic carbocycles. The summed E-state index contributed by atoms with van der Waals surface area (Å²) in [5.41, 5.74) is 1.02. The lowest BCUT2D eigenvalue weighted by Crippen LogP contribution is -2.26. The van der Waals surface area contributed by atoms with Gasteiger partial charge in [-0.25, -0.2) is 12.8 Å². The maximum atomic E-state index is 13.5. The van der Waals surface area contributed by atoms with Gasteiger partial charge < -0.3 is 10.1 Å². The monoisotopic (exact) mass is 366 g/mol. The second-order valence-corrected chi connectivity index (χ2v) is 7.48. The molecule has 8 heteroatoms. The molecule has 0 unspecified atom stereocenters. The van der Waals surface area contributed by atoms with Crippen LogP contribution >= 0.6 is 0 Å². The van der Waals surface area contributed by atoms with Crippen molar-refractivity contribution in [2.24, 2.45) is 0 Å². The summed E-state index contributed by atoms with van der Waals surface area (Å²) in [6.45, 7) is 0. The SMILES string of the molecule is COc1ccc(CC(=O)Nc2cc(F)ccc2N(C)S(C)(=O)=O)cc1. The molecule has 0 aliphatic heterocycles. The standard InChI is InChI=1S/C17H19FN2O4S/c1-20(25(3,22)23)16-9-6-13(18)11-15(16)19-17(21)10-12-4-7-14(24-2)8-5-12/h4-9,11H,10H2,1-3H3,(H,19,21). The van der Waals surface area contributed by atoms with Crippen molar-refractivity contribution in [2.45, 2.75) is 6.42 Å². The summed E-state index contributed by atoms with van der Waals surface area (Å²) in [7, 11) is -0.666. The second-order valence-electron chi connectivity index (χ2n) is 5.46. The van der Waals surface area contributed by atoms with Gasteiger partial charge in [-0.3, -0.25) is 9.10 Å². The van der Waals surface area contributed by atoms with Crippen molar-refractivity contribution in [3.8, 4) is 5.75 Å². The Hall–Kier alpha value is -2.61. The molecule has 25 heavy (non-hydrogen) atoms. The third-order valence-corrected chi connectivity index (χ3v) is 4.78. The van der Waals surface area contributed by atoms with Crippen molar-refractivity contribution in [1.82, 2.24) is 0 Å². The lowest BCUT2D eigenvalue weighted by Gasteiger charge is -2.20. The van der Waals surface area contributed by atoms with Crippen LogP contribution in [-0.2, 0) is 21.2 Å². The summed E-state index contributed by atoms with van der Waals surface area (Å²) in [6.07, 6.45) is 1.09. The van der Waals surface area contributed by atoms with Crippen LogP contribution in [0.2, 0.25) is 0 Å². The van der Waals surface area contributed by atoms with Gasteiger partial charge in [-0.1, -0.05) is 12.1 Å². The number of hydrogen-bond donors (Lipinski definition) is 1. The van der Waals surface area contributed by atoms with E-state index in [-0.39, 0.29) is 23.7 Å². The van der Waals surface area contributed by atoms with Crippen molar-refractivity contribution in [2.75, 3.05) is 30.0 Å². The van der Waals surface area contributed by atoms with Gasteiger partial charge in [0.2, 0.25) is 15.9 Å². The first kappa shape index (κ1) is 18.7. The smallest absolute Gasteiger partial charge is 0.232 e. The number of anilines is 2. The highest BCUT2D eigenvalue weighted by Crippen LogP contribution is 2.28. The molecule has 134 valence electrons. The maximum Gasteiger partial charge on any atom is 0.232 e. The van der Waals surface area contributed by atoms with E-state index < -0.39 is 15.8 Å². The minimum absolute atomic E-state index is 0.0581. The van der Waals surface area contributed by atoms with E-state index in [1.807, 2.05) is 0 Å². The first-order valence-electron chi connectivity index (χ1n) is 7.37. The summed E-state index contributed by atoms with van der Waals surface area (Å²) in [4.78, 5) is 12.2. The zero-order valence-corrected chi connectivity index (χ0v) is 14.9. The van der Waals surface area contributed by atoms with Gasteiger partial charge in [0.1, 0.15) is 11.6 Å². The first-order valence-corrected chi connectivity index (χ1v) is 9.22. The Kier molecular flexibility index (Phi) is 5.63. The largest absolute Gasteiger partial charge is 0.497 e. The average Bonchev–Trinajstić information content (AvgIpc) is 2.54. The quantitative estimate of drug-likeness (QED) is 0.852. The lowest BCUT2D eigenvalue weighted by molar-refractivity contribution is -0.115. The predicted molar refractivity (Wildman–Crippen MR) is 95.0 cm³/mol. The van der Waals surface area contributed by atoms with Crippen molar-refractivity contribution in [3.63, 3.8) is 0 Å². The molecular weight excluding hydrogens is 347 g/mol.